The van der Waals surface area contributed by atoms with Gasteiger partial charge < -0.3 is 5.32 Å². The van der Waals surface area contributed by atoms with Gasteiger partial charge in [0.05, 0.1) is 0 Å². The zero-order chi connectivity index (χ0) is 15.3. The summed E-state index contributed by atoms with van der Waals surface area (Å²) in [5.74, 6) is 0.532. The zero-order valence-corrected chi connectivity index (χ0v) is 13.9. The van der Waals surface area contributed by atoms with Crippen molar-refractivity contribution in [3.8, 4) is 0 Å². The molecule has 0 spiro atoms. The Morgan fingerprint density at radius 2 is 1.90 bits per heavy atom. The van der Waals surface area contributed by atoms with Crippen molar-refractivity contribution in [2.45, 2.75) is 59.9 Å². The summed E-state index contributed by atoms with van der Waals surface area (Å²) in [7, 11) is 2.00. The van der Waals surface area contributed by atoms with Gasteiger partial charge in [-0.25, -0.2) is 4.39 Å². The second-order valence-corrected chi connectivity index (χ2v) is 7.37. The minimum Gasteiger partial charge on any atom is -0.317 e. The van der Waals surface area contributed by atoms with E-state index < -0.39 is 0 Å². The van der Waals surface area contributed by atoms with Crippen molar-refractivity contribution in [1.82, 2.24) is 5.32 Å². The molecular formula is C18H30FN. The number of nitrogens with one attached hydrogen (secondary N) is 1. The van der Waals surface area contributed by atoms with Crippen molar-refractivity contribution >= 4 is 0 Å². The van der Waals surface area contributed by atoms with Gasteiger partial charge in [0, 0.05) is 6.04 Å². The molecule has 0 aromatic heterocycles. The molecule has 0 radical (unpaired) electrons. The van der Waals surface area contributed by atoms with E-state index in [4.69, 9.17) is 0 Å². The van der Waals surface area contributed by atoms with Gasteiger partial charge in [-0.3, -0.25) is 0 Å². The topological polar surface area (TPSA) is 12.0 Å². The van der Waals surface area contributed by atoms with E-state index in [1.807, 2.05) is 13.1 Å². The smallest absolute Gasteiger partial charge is 0.123 e. The molecule has 0 aliphatic rings. The third kappa shape index (κ3) is 6.04. The summed E-state index contributed by atoms with van der Waals surface area (Å²) in [6.07, 6.45) is 3.24. The van der Waals surface area contributed by atoms with Crippen LogP contribution in [-0.4, -0.2) is 13.1 Å². The third-order valence-corrected chi connectivity index (χ3v) is 3.83. The van der Waals surface area contributed by atoms with E-state index in [0.717, 1.165) is 18.4 Å². The fourth-order valence-corrected chi connectivity index (χ4v) is 3.04. The van der Waals surface area contributed by atoms with Crippen LogP contribution in [0.2, 0.25) is 0 Å². The summed E-state index contributed by atoms with van der Waals surface area (Å²) in [5, 5.41) is 3.39. The van der Waals surface area contributed by atoms with E-state index in [1.54, 1.807) is 6.07 Å². The van der Waals surface area contributed by atoms with E-state index in [2.05, 4.69) is 39.9 Å². The molecule has 0 fully saturated rings. The molecule has 1 N–H and O–H groups in total. The Morgan fingerprint density at radius 1 is 1.25 bits per heavy atom. The fourth-order valence-electron chi connectivity index (χ4n) is 3.04. The molecule has 0 bridgehead atoms. The first-order valence-corrected chi connectivity index (χ1v) is 7.63. The molecule has 114 valence electrons. The largest absolute Gasteiger partial charge is 0.317 e. The first kappa shape index (κ1) is 17.2. The van der Waals surface area contributed by atoms with Crippen LogP contribution >= 0.6 is 0 Å². The van der Waals surface area contributed by atoms with E-state index in [-0.39, 0.29) is 5.82 Å². The molecule has 0 heterocycles. The molecule has 1 rings (SSSR count). The van der Waals surface area contributed by atoms with E-state index in [9.17, 15) is 4.39 Å². The Labute approximate surface area is 124 Å². The number of benzene rings is 1. The van der Waals surface area contributed by atoms with Gasteiger partial charge in [0.1, 0.15) is 5.82 Å². The van der Waals surface area contributed by atoms with E-state index in [1.165, 1.54) is 18.1 Å². The molecule has 2 unspecified atom stereocenters. The first-order valence-electron chi connectivity index (χ1n) is 7.63. The van der Waals surface area contributed by atoms with Gasteiger partial charge in [0.15, 0.2) is 0 Å². The van der Waals surface area contributed by atoms with Gasteiger partial charge in [-0.2, -0.15) is 0 Å². The summed E-state index contributed by atoms with van der Waals surface area (Å²) in [5.41, 5.74) is 2.66. The van der Waals surface area contributed by atoms with E-state index in [0.29, 0.717) is 17.4 Å². The predicted molar refractivity (Wildman–Crippen MR) is 85.5 cm³/mol. The van der Waals surface area contributed by atoms with Crippen LogP contribution in [0, 0.1) is 24.1 Å². The molecule has 1 aromatic carbocycles. The molecule has 0 aliphatic heterocycles. The minimum atomic E-state index is -0.136. The summed E-state index contributed by atoms with van der Waals surface area (Å²) >= 11 is 0. The Bertz CT molecular complexity index is 420. The Hall–Kier alpha value is -0.890. The van der Waals surface area contributed by atoms with Gasteiger partial charge in [0.25, 0.3) is 0 Å². The Morgan fingerprint density at radius 3 is 2.45 bits per heavy atom. The fraction of sp³-hybridized carbons (Fsp3) is 0.667. The minimum absolute atomic E-state index is 0.136. The highest BCUT2D eigenvalue weighted by atomic mass is 19.1. The maximum absolute atomic E-state index is 13.4. The molecule has 1 nitrogen and oxygen atoms in total. The van der Waals surface area contributed by atoms with Crippen LogP contribution in [-0.2, 0) is 6.42 Å². The highest BCUT2D eigenvalue weighted by Crippen LogP contribution is 2.27. The summed E-state index contributed by atoms with van der Waals surface area (Å²) in [6.45, 7) is 11.2. The van der Waals surface area contributed by atoms with Crippen molar-refractivity contribution in [3.63, 3.8) is 0 Å². The lowest BCUT2D eigenvalue weighted by Gasteiger charge is -2.27. The number of rotatable bonds is 6. The molecule has 2 atom stereocenters. The number of hydrogen-bond acceptors (Lipinski definition) is 1. The van der Waals surface area contributed by atoms with Crippen LogP contribution in [0.5, 0.6) is 0 Å². The van der Waals surface area contributed by atoms with Crippen molar-refractivity contribution in [3.05, 3.63) is 35.1 Å². The van der Waals surface area contributed by atoms with Gasteiger partial charge >= 0.3 is 0 Å². The summed E-state index contributed by atoms with van der Waals surface area (Å²) < 4.78 is 13.4. The highest BCUT2D eigenvalue weighted by Gasteiger charge is 2.19. The van der Waals surface area contributed by atoms with Crippen LogP contribution in [0.15, 0.2) is 18.2 Å². The Kier molecular flexibility index (Phi) is 6.19. The van der Waals surface area contributed by atoms with E-state index >= 15 is 0 Å². The second kappa shape index (κ2) is 7.21. The number of halogens is 1. The SMILES string of the molecule is CNC(Cc1cc(F)ccc1C)CC(C)CC(C)(C)C. The molecule has 2 heteroatoms. The van der Waals surface area contributed by atoms with Gasteiger partial charge in [-0.15, -0.1) is 0 Å². The van der Waals surface area contributed by atoms with Crippen LogP contribution in [0.25, 0.3) is 0 Å². The van der Waals surface area contributed by atoms with Gasteiger partial charge in [-0.05, 0) is 67.8 Å². The number of aryl methyl sites for hydroxylation is 1. The average Bonchev–Trinajstić information content (AvgIpc) is 2.30. The normalized spacial score (nSPS) is 15.2. The lowest BCUT2D eigenvalue weighted by Crippen LogP contribution is -2.30. The molecule has 20 heavy (non-hydrogen) atoms. The molecule has 0 aliphatic carbocycles. The predicted octanol–water partition coefficient (Wildman–Crippen LogP) is 4.73. The third-order valence-electron chi connectivity index (χ3n) is 3.83. The quantitative estimate of drug-likeness (QED) is 0.794. The van der Waals surface area contributed by atoms with Crippen LogP contribution in [0.4, 0.5) is 4.39 Å². The Balaban J connectivity index is 2.65. The molecule has 0 saturated carbocycles. The van der Waals surface area contributed by atoms with Gasteiger partial charge in [-0.1, -0.05) is 33.8 Å². The average molecular weight is 279 g/mol. The maximum atomic E-state index is 13.4. The zero-order valence-electron chi connectivity index (χ0n) is 13.9. The van der Waals surface area contributed by atoms with Crippen LogP contribution in [0.3, 0.4) is 0 Å². The second-order valence-electron chi connectivity index (χ2n) is 7.37. The van der Waals surface area contributed by atoms with Gasteiger partial charge in [0.2, 0.25) is 0 Å². The number of likely N-dealkylation sites (N-methyl/N-ethyl adjacent to an activating group) is 1. The maximum Gasteiger partial charge on any atom is 0.123 e. The lowest BCUT2D eigenvalue weighted by atomic mass is 9.82. The monoisotopic (exact) mass is 279 g/mol. The summed E-state index contributed by atoms with van der Waals surface area (Å²) in [6, 6.07) is 5.49. The molecule has 1 aromatic rings. The van der Waals surface area contributed by atoms with Crippen LogP contribution in [0.1, 0.15) is 51.7 Å². The van der Waals surface area contributed by atoms with Crippen molar-refractivity contribution in [1.29, 1.82) is 0 Å². The van der Waals surface area contributed by atoms with Crippen molar-refractivity contribution < 1.29 is 4.39 Å². The van der Waals surface area contributed by atoms with Crippen molar-refractivity contribution in [2.24, 2.45) is 11.3 Å². The summed E-state index contributed by atoms with van der Waals surface area (Å²) in [4.78, 5) is 0. The highest BCUT2D eigenvalue weighted by molar-refractivity contribution is 5.27. The van der Waals surface area contributed by atoms with Crippen LogP contribution < -0.4 is 5.32 Å². The lowest BCUT2D eigenvalue weighted by molar-refractivity contribution is 0.277. The standard InChI is InChI=1S/C18H30FN/c1-13(12-18(3,4)5)9-17(20-6)11-15-10-16(19)8-7-14(15)2/h7-8,10,13,17,20H,9,11-12H2,1-6H3. The molecular weight excluding hydrogens is 249 g/mol. The molecule has 0 amide bonds. The first-order chi connectivity index (χ1) is 9.21. The number of hydrogen-bond donors (Lipinski definition) is 1. The molecule has 0 saturated heterocycles. The van der Waals surface area contributed by atoms with Crippen molar-refractivity contribution in [2.75, 3.05) is 7.05 Å².